The average molecular weight is 373 g/mol. The van der Waals surface area contributed by atoms with Gasteiger partial charge in [0, 0.05) is 42.2 Å². The number of fused-ring (bicyclic) bond motifs is 1. The van der Waals surface area contributed by atoms with Crippen LogP contribution in [-0.4, -0.2) is 42.0 Å². The average Bonchev–Trinajstić information content (AvgIpc) is 2.99. The molecule has 0 N–H and O–H groups in total. The lowest BCUT2D eigenvalue weighted by Gasteiger charge is -2.47. The van der Waals surface area contributed by atoms with Gasteiger partial charge in [-0.15, -0.1) is 0 Å². The predicted molar refractivity (Wildman–Crippen MR) is 105 cm³/mol. The molecular weight excluding hydrogens is 347 g/mol. The van der Waals surface area contributed by atoms with E-state index in [-0.39, 0.29) is 17.3 Å². The van der Waals surface area contributed by atoms with Crippen molar-refractivity contribution >= 4 is 11.6 Å². The predicted octanol–water partition coefficient (Wildman–Crippen LogP) is 5.08. The van der Waals surface area contributed by atoms with Crippen LogP contribution in [0, 0.1) is 5.82 Å². The maximum absolute atomic E-state index is 13.4. The lowest BCUT2D eigenvalue weighted by Crippen LogP contribution is -2.58. The highest BCUT2D eigenvalue weighted by Gasteiger charge is 2.41. The third kappa shape index (κ3) is 3.06. The first-order valence-corrected chi connectivity index (χ1v) is 9.74. The fourth-order valence-corrected chi connectivity index (χ4v) is 4.87. The first kappa shape index (κ1) is 18.0. The van der Waals surface area contributed by atoms with Crippen molar-refractivity contribution in [3.8, 4) is 0 Å². The molecule has 0 bridgehead atoms. The molecule has 2 aromatic carbocycles. The van der Waals surface area contributed by atoms with E-state index in [1.807, 2.05) is 24.3 Å². The molecule has 1 saturated heterocycles. The SMILES string of the molecule is CN1CCN([C@@H]2C[C@@H](c3ccc(F)cc3)c3cccc(Cl)c32)CC1(C)C. The van der Waals surface area contributed by atoms with Crippen molar-refractivity contribution in [3.05, 3.63) is 70.0 Å². The van der Waals surface area contributed by atoms with Crippen molar-refractivity contribution < 1.29 is 4.39 Å². The molecule has 1 aliphatic heterocycles. The van der Waals surface area contributed by atoms with Crippen molar-refractivity contribution in [3.63, 3.8) is 0 Å². The second-order valence-corrected chi connectivity index (χ2v) is 8.71. The second kappa shape index (κ2) is 6.63. The molecule has 2 nitrogen and oxygen atoms in total. The Kier molecular flexibility index (Phi) is 4.58. The lowest BCUT2D eigenvalue weighted by molar-refractivity contribution is 0.0159. The van der Waals surface area contributed by atoms with E-state index in [1.54, 1.807) is 12.1 Å². The molecule has 0 radical (unpaired) electrons. The molecule has 138 valence electrons. The Labute approximate surface area is 160 Å². The number of benzene rings is 2. The van der Waals surface area contributed by atoms with Gasteiger partial charge < -0.3 is 0 Å². The quantitative estimate of drug-likeness (QED) is 0.725. The van der Waals surface area contributed by atoms with Crippen LogP contribution in [0.15, 0.2) is 42.5 Å². The molecule has 2 atom stereocenters. The first-order valence-electron chi connectivity index (χ1n) is 9.36. The van der Waals surface area contributed by atoms with Crippen LogP contribution in [0.5, 0.6) is 0 Å². The number of nitrogens with zero attached hydrogens (tertiary/aromatic N) is 2. The van der Waals surface area contributed by atoms with Crippen LogP contribution >= 0.6 is 11.6 Å². The molecule has 0 aromatic heterocycles. The van der Waals surface area contributed by atoms with E-state index < -0.39 is 0 Å². The van der Waals surface area contributed by atoms with E-state index in [0.29, 0.717) is 6.04 Å². The summed E-state index contributed by atoms with van der Waals surface area (Å²) in [7, 11) is 2.20. The highest BCUT2D eigenvalue weighted by atomic mass is 35.5. The Morgan fingerprint density at radius 2 is 1.81 bits per heavy atom. The Morgan fingerprint density at radius 1 is 1.08 bits per heavy atom. The molecule has 1 fully saturated rings. The maximum atomic E-state index is 13.4. The summed E-state index contributed by atoms with van der Waals surface area (Å²) in [5.74, 6) is 0.0903. The van der Waals surface area contributed by atoms with Crippen molar-refractivity contribution in [2.75, 3.05) is 26.7 Å². The summed E-state index contributed by atoms with van der Waals surface area (Å²) in [6, 6.07) is 13.5. The van der Waals surface area contributed by atoms with Crippen molar-refractivity contribution in [1.29, 1.82) is 0 Å². The second-order valence-electron chi connectivity index (χ2n) is 8.30. The van der Waals surface area contributed by atoms with Gasteiger partial charge in [0.15, 0.2) is 0 Å². The molecular formula is C22H26ClFN2. The van der Waals surface area contributed by atoms with Gasteiger partial charge in [-0.3, -0.25) is 9.80 Å². The fraction of sp³-hybridized carbons (Fsp3) is 0.455. The minimum atomic E-state index is -0.185. The molecule has 0 saturated carbocycles. The van der Waals surface area contributed by atoms with Gasteiger partial charge in [0.2, 0.25) is 0 Å². The van der Waals surface area contributed by atoms with Gasteiger partial charge in [-0.05, 0) is 62.2 Å². The van der Waals surface area contributed by atoms with Crippen LogP contribution < -0.4 is 0 Å². The number of rotatable bonds is 2. The molecule has 1 heterocycles. The van der Waals surface area contributed by atoms with E-state index in [9.17, 15) is 4.39 Å². The molecule has 0 unspecified atom stereocenters. The summed E-state index contributed by atoms with van der Waals surface area (Å²) in [4.78, 5) is 5.03. The third-order valence-corrected chi connectivity index (χ3v) is 6.64. The molecule has 1 aliphatic carbocycles. The lowest BCUT2D eigenvalue weighted by atomic mass is 9.93. The topological polar surface area (TPSA) is 6.48 Å². The van der Waals surface area contributed by atoms with Gasteiger partial charge in [0.25, 0.3) is 0 Å². The number of hydrogen-bond acceptors (Lipinski definition) is 2. The molecule has 0 spiro atoms. The molecule has 26 heavy (non-hydrogen) atoms. The Hall–Kier alpha value is -1.42. The van der Waals surface area contributed by atoms with E-state index in [1.165, 1.54) is 16.7 Å². The van der Waals surface area contributed by atoms with Gasteiger partial charge >= 0.3 is 0 Å². The summed E-state index contributed by atoms with van der Waals surface area (Å²) >= 11 is 6.66. The zero-order valence-corrected chi connectivity index (χ0v) is 16.4. The third-order valence-electron chi connectivity index (χ3n) is 6.31. The number of likely N-dealkylation sites (N-methyl/N-ethyl adjacent to an activating group) is 1. The highest BCUT2D eigenvalue weighted by Crippen LogP contribution is 2.50. The molecule has 4 rings (SSSR count). The minimum absolute atomic E-state index is 0.146. The van der Waals surface area contributed by atoms with Crippen molar-refractivity contribution in [1.82, 2.24) is 9.80 Å². The van der Waals surface area contributed by atoms with Crippen molar-refractivity contribution in [2.24, 2.45) is 0 Å². The highest BCUT2D eigenvalue weighted by molar-refractivity contribution is 6.31. The van der Waals surface area contributed by atoms with Crippen LogP contribution in [0.3, 0.4) is 0 Å². The van der Waals surface area contributed by atoms with Gasteiger partial charge in [0.1, 0.15) is 5.82 Å². The van der Waals surface area contributed by atoms with Gasteiger partial charge in [-0.1, -0.05) is 35.9 Å². The fourth-order valence-electron chi connectivity index (χ4n) is 4.56. The standard InChI is InChI=1S/C22H26ClFN2/c1-22(2)14-26(12-11-25(22)3)20-13-18(15-7-9-16(24)10-8-15)17-5-4-6-19(23)21(17)20/h4-10,18,20H,11-14H2,1-3H3/t18-,20+/m0/s1. The summed E-state index contributed by atoms with van der Waals surface area (Å²) in [5, 5.41) is 0.855. The van der Waals surface area contributed by atoms with Crippen LogP contribution in [0.1, 0.15) is 48.9 Å². The van der Waals surface area contributed by atoms with Gasteiger partial charge in [-0.2, -0.15) is 0 Å². The summed E-state index contributed by atoms with van der Waals surface area (Å²) < 4.78 is 13.4. The molecule has 4 heteroatoms. The van der Waals surface area contributed by atoms with Crippen LogP contribution in [0.2, 0.25) is 5.02 Å². The van der Waals surface area contributed by atoms with Crippen LogP contribution in [-0.2, 0) is 0 Å². The zero-order chi connectivity index (χ0) is 18.5. The van der Waals surface area contributed by atoms with Crippen LogP contribution in [0.25, 0.3) is 0 Å². The monoisotopic (exact) mass is 372 g/mol. The summed E-state index contributed by atoms with van der Waals surface area (Å²) in [6.07, 6.45) is 1.00. The zero-order valence-electron chi connectivity index (χ0n) is 15.7. The summed E-state index contributed by atoms with van der Waals surface area (Å²) in [5.41, 5.74) is 3.88. The largest absolute Gasteiger partial charge is 0.299 e. The van der Waals surface area contributed by atoms with E-state index in [0.717, 1.165) is 31.1 Å². The minimum Gasteiger partial charge on any atom is -0.299 e. The molecule has 0 amide bonds. The van der Waals surface area contributed by atoms with Crippen LogP contribution in [0.4, 0.5) is 4.39 Å². The first-order chi connectivity index (χ1) is 12.4. The normalized spacial score (nSPS) is 26.0. The molecule has 2 aliphatic rings. The maximum Gasteiger partial charge on any atom is 0.123 e. The molecule has 2 aromatic rings. The van der Waals surface area contributed by atoms with Gasteiger partial charge in [0.05, 0.1) is 0 Å². The van der Waals surface area contributed by atoms with Gasteiger partial charge in [-0.25, -0.2) is 4.39 Å². The number of piperazine rings is 1. The number of hydrogen-bond donors (Lipinski definition) is 0. The van der Waals surface area contributed by atoms with E-state index >= 15 is 0 Å². The van der Waals surface area contributed by atoms with Crippen molar-refractivity contribution in [2.45, 2.75) is 37.8 Å². The Bertz CT molecular complexity index is 802. The summed E-state index contributed by atoms with van der Waals surface area (Å²) in [6.45, 7) is 7.74. The Morgan fingerprint density at radius 3 is 2.50 bits per heavy atom. The Balaban J connectivity index is 1.71. The number of halogens is 2. The van der Waals surface area contributed by atoms with E-state index in [2.05, 4.69) is 36.8 Å². The van der Waals surface area contributed by atoms with E-state index in [4.69, 9.17) is 11.6 Å². The smallest absolute Gasteiger partial charge is 0.123 e.